The Labute approximate surface area is 109 Å². The first-order chi connectivity index (χ1) is 8.88. The summed E-state index contributed by atoms with van der Waals surface area (Å²) in [7, 11) is 0. The number of nitrogens with one attached hydrogen (secondary N) is 2. The molecule has 0 saturated heterocycles. The Balaban J connectivity index is 2.18. The van der Waals surface area contributed by atoms with Crippen molar-refractivity contribution in [1.82, 2.24) is 10.6 Å². The molecule has 0 fully saturated rings. The molecule has 0 bridgehead atoms. The van der Waals surface area contributed by atoms with Crippen molar-refractivity contribution in [3.63, 3.8) is 0 Å². The molecule has 102 valence electrons. The molecule has 0 saturated carbocycles. The second-order valence-corrected chi connectivity index (χ2v) is 4.04. The van der Waals surface area contributed by atoms with Crippen molar-refractivity contribution in [1.29, 1.82) is 0 Å². The van der Waals surface area contributed by atoms with Gasteiger partial charge in [-0.25, -0.2) is 0 Å². The first-order valence-electron chi connectivity index (χ1n) is 6.61. The van der Waals surface area contributed by atoms with Crippen LogP contribution in [0.2, 0.25) is 0 Å². The third-order valence-electron chi connectivity index (χ3n) is 2.58. The molecule has 0 unspecified atom stereocenters. The highest BCUT2D eigenvalue weighted by Gasteiger charge is 2.00. The standard InChI is InChI=1S/C14H24N2O2/c1-2-18-14-7-4-3-6-13(14)12-16-9-5-8-15-10-11-17/h3-4,6-7,15-17H,2,5,8-12H2,1H3. The first-order valence-corrected chi connectivity index (χ1v) is 6.61. The Hall–Kier alpha value is -1.10. The summed E-state index contributed by atoms with van der Waals surface area (Å²) >= 11 is 0. The van der Waals surface area contributed by atoms with Crippen LogP contribution >= 0.6 is 0 Å². The van der Waals surface area contributed by atoms with Crippen LogP contribution in [0.5, 0.6) is 5.75 Å². The fraction of sp³-hybridized carbons (Fsp3) is 0.571. The molecule has 0 aliphatic heterocycles. The van der Waals surface area contributed by atoms with Crippen LogP contribution in [0, 0.1) is 0 Å². The van der Waals surface area contributed by atoms with Gasteiger partial charge in [0.15, 0.2) is 0 Å². The molecule has 0 heterocycles. The second kappa shape index (κ2) is 9.88. The molecular weight excluding hydrogens is 228 g/mol. The normalized spacial score (nSPS) is 10.6. The monoisotopic (exact) mass is 252 g/mol. The average molecular weight is 252 g/mol. The summed E-state index contributed by atoms with van der Waals surface area (Å²) < 4.78 is 5.57. The van der Waals surface area contributed by atoms with E-state index in [1.807, 2.05) is 25.1 Å². The number of hydrogen-bond donors (Lipinski definition) is 3. The highest BCUT2D eigenvalue weighted by molar-refractivity contribution is 5.33. The van der Waals surface area contributed by atoms with Crippen LogP contribution in [0.4, 0.5) is 0 Å². The van der Waals surface area contributed by atoms with Crippen molar-refractivity contribution in [3.8, 4) is 5.75 Å². The third-order valence-corrected chi connectivity index (χ3v) is 2.58. The Morgan fingerprint density at radius 3 is 2.67 bits per heavy atom. The van der Waals surface area contributed by atoms with Gasteiger partial charge in [0.1, 0.15) is 5.75 Å². The maximum absolute atomic E-state index is 8.61. The number of hydrogen-bond acceptors (Lipinski definition) is 4. The number of benzene rings is 1. The molecule has 3 N–H and O–H groups in total. The van der Waals surface area contributed by atoms with Crippen LogP contribution in [-0.2, 0) is 6.54 Å². The molecule has 18 heavy (non-hydrogen) atoms. The van der Waals surface area contributed by atoms with Gasteiger partial charge in [0.25, 0.3) is 0 Å². The van der Waals surface area contributed by atoms with Gasteiger partial charge >= 0.3 is 0 Å². The van der Waals surface area contributed by atoms with Crippen LogP contribution in [0.3, 0.4) is 0 Å². The van der Waals surface area contributed by atoms with Gasteiger partial charge in [0.05, 0.1) is 13.2 Å². The van der Waals surface area contributed by atoms with Gasteiger partial charge in [0, 0.05) is 18.7 Å². The summed E-state index contributed by atoms with van der Waals surface area (Å²) in [6.07, 6.45) is 1.05. The predicted molar refractivity (Wildman–Crippen MR) is 73.9 cm³/mol. The van der Waals surface area contributed by atoms with Crippen molar-refractivity contribution in [3.05, 3.63) is 29.8 Å². The topological polar surface area (TPSA) is 53.5 Å². The van der Waals surface area contributed by atoms with Crippen molar-refractivity contribution >= 4 is 0 Å². The lowest BCUT2D eigenvalue weighted by Gasteiger charge is -2.11. The molecular formula is C14H24N2O2. The minimum absolute atomic E-state index is 0.204. The van der Waals surface area contributed by atoms with Crippen molar-refractivity contribution in [2.45, 2.75) is 19.9 Å². The van der Waals surface area contributed by atoms with Crippen molar-refractivity contribution in [2.75, 3.05) is 32.8 Å². The summed E-state index contributed by atoms with van der Waals surface area (Å²) in [6, 6.07) is 8.11. The van der Waals surface area contributed by atoms with Crippen LogP contribution in [0.15, 0.2) is 24.3 Å². The summed E-state index contributed by atoms with van der Waals surface area (Å²) in [5.74, 6) is 0.964. The lowest BCUT2D eigenvalue weighted by molar-refractivity contribution is 0.292. The summed E-state index contributed by atoms with van der Waals surface area (Å²) in [5.41, 5.74) is 1.20. The Morgan fingerprint density at radius 1 is 1.11 bits per heavy atom. The molecule has 0 aromatic heterocycles. The molecule has 0 radical (unpaired) electrons. The Morgan fingerprint density at radius 2 is 1.89 bits per heavy atom. The third kappa shape index (κ3) is 6.00. The lowest BCUT2D eigenvalue weighted by Crippen LogP contribution is -2.24. The molecule has 0 spiro atoms. The van der Waals surface area contributed by atoms with Crippen LogP contribution in [0.25, 0.3) is 0 Å². The average Bonchev–Trinajstić information content (AvgIpc) is 2.40. The molecule has 4 heteroatoms. The van der Waals surface area contributed by atoms with Gasteiger partial charge < -0.3 is 20.5 Å². The van der Waals surface area contributed by atoms with E-state index < -0.39 is 0 Å². The lowest BCUT2D eigenvalue weighted by atomic mass is 10.2. The van der Waals surface area contributed by atoms with Crippen LogP contribution in [-0.4, -0.2) is 38.0 Å². The van der Waals surface area contributed by atoms with Gasteiger partial charge in [-0.1, -0.05) is 18.2 Å². The maximum Gasteiger partial charge on any atom is 0.123 e. The van der Waals surface area contributed by atoms with E-state index in [4.69, 9.17) is 9.84 Å². The van der Waals surface area contributed by atoms with E-state index in [2.05, 4.69) is 16.7 Å². The minimum Gasteiger partial charge on any atom is -0.494 e. The SMILES string of the molecule is CCOc1ccccc1CNCCCNCCO. The van der Waals surface area contributed by atoms with Gasteiger partial charge in [-0.05, 0) is 32.5 Å². The Bertz CT molecular complexity index is 318. The maximum atomic E-state index is 8.61. The van der Waals surface area contributed by atoms with E-state index in [0.29, 0.717) is 13.2 Å². The van der Waals surface area contributed by atoms with Crippen molar-refractivity contribution in [2.24, 2.45) is 0 Å². The quantitative estimate of drug-likeness (QED) is 0.547. The van der Waals surface area contributed by atoms with E-state index >= 15 is 0 Å². The zero-order valence-corrected chi connectivity index (χ0v) is 11.1. The highest BCUT2D eigenvalue weighted by atomic mass is 16.5. The Kier molecular flexibility index (Phi) is 8.21. The number of para-hydroxylation sites is 1. The first kappa shape index (κ1) is 15.0. The summed E-state index contributed by atoms with van der Waals surface area (Å²) in [6.45, 7) is 6.29. The van der Waals surface area contributed by atoms with Crippen LogP contribution in [0.1, 0.15) is 18.9 Å². The van der Waals surface area contributed by atoms with Gasteiger partial charge in [-0.2, -0.15) is 0 Å². The van der Waals surface area contributed by atoms with E-state index in [1.165, 1.54) is 5.56 Å². The molecule has 1 aromatic carbocycles. The fourth-order valence-corrected chi connectivity index (χ4v) is 1.71. The number of aliphatic hydroxyl groups is 1. The fourth-order valence-electron chi connectivity index (χ4n) is 1.71. The number of rotatable bonds is 10. The van der Waals surface area contributed by atoms with E-state index in [-0.39, 0.29) is 6.61 Å². The molecule has 1 rings (SSSR count). The summed E-state index contributed by atoms with van der Waals surface area (Å²) in [5, 5.41) is 15.2. The molecule has 0 atom stereocenters. The molecule has 0 aliphatic rings. The largest absolute Gasteiger partial charge is 0.494 e. The number of aliphatic hydroxyl groups excluding tert-OH is 1. The smallest absolute Gasteiger partial charge is 0.123 e. The van der Waals surface area contributed by atoms with Crippen LogP contribution < -0.4 is 15.4 Å². The molecule has 1 aromatic rings. The van der Waals surface area contributed by atoms with Gasteiger partial charge in [-0.15, -0.1) is 0 Å². The predicted octanol–water partition coefficient (Wildman–Crippen LogP) is 1.15. The minimum atomic E-state index is 0.204. The summed E-state index contributed by atoms with van der Waals surface area (Å²) in [4.78, 5) is 0. The van der Waals surface area contributed by atoms with E-state index in [9.17, 15) is 0 Å². The second-order valence-electron chi connectivity index (χ2n) is 4.04. The molecule has 0 aliphatic carbocycles. The number of ether oxygens (including phenoxy) is 1. The van der Waals surface area contributed by atoms with Gasteiger partial charge in [0.2, 0.25) is 0 Å². The van der Waals surface area contributed by atoms with Crippen molar-refractivity contribution < 1.29 is 9.84 Å². The zero-order valence-electron chi connectivity index (χ0n) is 11.1. The van der Waals surface area contributed by atoms with Gasteiger partial charge in [-0.3, -0.25) is 0 Å². The molecule has 4 nitrogen and oxygen atoms in total. The zero-order chi connectivity index (χ0) is 13.1. The molecule has 0 amide bonds. The van der Waals surface area contributed by atoms with E-state index in [1.54, 1.807) is 0 Å². The van der Waals surface area contributed by atoms with E-state index in [0.717, 1.165) is 31.8 Å². The highest BCUT2D eigenvalue weighted by Crippen LogP contribution is 2.17.